The molecular weight excluding hydrogens is 383 g/mol. The van der Waals surface area contributed by atoms with Crippen molar-refractivity contribution in [1.82, 2.24) is 4.40 Å². The number of rotatable bonds is 3. The molecule has 0 saturated carbocycles. The van der Waals surface area contributed by atoms with Gasteiger partial charge in [0.2, 0.25) is 0 Å². The third-order valence-electron chi connectivity index (χ3n) is 8.38. The quantitative estimate of drug-likeness (QED) is 0.312. The van der Waals surface area contributed by atoms with Gasteiger partial charge >= 0.3 is 0 Å². The molecule has 2 aromatic heterocycles. The van der Waals surface area contributed by atoms with Crippen LogP contribution in [0.15, 0.2) is 42.5 Å². The Hall–Kier alpha value is -2.42. The maximum absolute atomic E-state index is 15.1. The van der Waals surface area contributed by atoms with Crippen molar-refractivity contribution >= 4 is 27.5 Å². The Kier molecular flexibility index (Phi) is 4.17. The summed E-state index contributed by atoms with van der Waals surface area (Å²) < 4.78 is 20.2. The van der Waals surface area contributed by atoms with Crippen molar-refractivity contribution in [3.63, 3.8) is 0 Å². The topological polar surface area (TPSA) is 8.29 Å². The first-order chi connectivity index (χ1) is 14.6. The van der Waals surface area contributed by atoms with Gasteiger partial charge in [0.25, 0.3) is 5.65 Å². The SMILES string of the molecule is CCC1(CC)c2cc(F)cc3cc(C(C)(C)C)n4c5ccccc5[n+](c4c23)C1(C)CC. The van der Waals surface area contributed by atoms with Crippen LogP contribution in [-0.4, -0.2) is 4.40 Å². The van der Waals surface area contributed by atoms with E-state index in [2.05, 4.69) is 87.8 Å². The smallest absolute Gasteiger partial charge is 0.216 e. The number of halogens is 1. The first kappa shape index (κ1) is 20.5. The molecule has 31 heavy (non-hydrogen) atoms. The van der Waals surface area contributed by atoms with Crippen molar-refractivity contribution in [3.05, 3.63) is 59.5 Å². The van der Waals surface area contributed by atoms with Gasteiger partial charge < -0.3 is 0 Å². The van der Waals surface area contributed by atoms with Crippen LogP contribution in [0.3, 0.4) is 0 Å². The zero-order valence-corrected chi connectivity index (χ0v) is 19.9. The van der Waals surface area contributed by atoms with E-state index in [0.717, 1.165) is 24.6 Å². The molecule has 3 heterocycles. The Morgan fingerprint density at radius 2 is 1.65 bits per heavy atom. The van der Waals surface area contributed by atoms with Gasteiger partial charge in [0.15, 0.2) is 11.0 Å². The van der Waals surface area contributed by atoms with Crippen LogP contribution in [0.4, 0.5) is 4.39 Å². The predicted molar refractivity (Wildman–Crippen MR) is 127 cm³/mol. The van der Waals surface area contributed by atoms with Crippen LogP contribution in [-0.2, 0) is 16.4 Å². The number of para-hydroxylation sites is 2. The third-order valence-corrected chi connectivity index (χ3v) is 8.38. The summed E-state index contributed by atoms with van der Waals surface area (Å²) >= 11 is 0. The first-order valence-electron chi connectivity index (χ1n) is 11.8. The molecule has 0 radical (unpaired) electrons. The normalized spacial score (nSPS) is 20.4. The second-order valence-corrected chi connectivity index (χ2v) is 10.6. The van der Waals surface area contributed by atoms with Crippen molar-refractivity contribution in [2.75, 3.05) is 0 Å². The summed E-state index contributed by atoms with van der Waals surface area (Å²) in [7, 11) is 0. The Morgan fingerprint density at radius 3 is 2.26 bits per heavy atom. The highest BCUT2D eigenvalue weighted by atomic mass is 19.1. The van der Waals surface area contributed by atoms with Crippen LogP contribution in [0.1, 0.15) is 79.0 Å². The summed E-state index contributed by atoms with van der Waals surface area (Å²) in [4.78, 5) is 0. The molecule has 4 aromatic rings. The number of imidazole rings is 1. The Morgan fingerprint density at radius 1 is 0.968 bits per heavy atom. The summed E-state index contributed by atoms with van der Waals surface area (Å²) in [6.45, 7) is 16.0. The van der Waals surface area contributed by atoms with Gasteiger partial charge in [-0.3, -0.25) is 0 Å². The molecule has 0 spiro atoms. The van der Waals surface area contributed by atoms with Crippen LogP contribution in [0.2, 0.25) is 0 Å². The molecule has 162 valence electrons. The van der Waals surface area contributed by atoms with E-state index in [1.807, 2.05) is 6.07 Å². The van der Waals surface area contributed by atoms with Crippen LogP contribution < -0.4 is 4.57 Å². The molecular formula is C28H34FN2+. The molecule has 2 nitrogen and oxygen atoms in total. The van der Waals surface area contributed by atoms with Gasteiger partial charge in [-0.15, -0.1) is 0 Å². The molecule has 0 bridgehead atoms. The monoisotopic (exact) mass is 417 g/mol. The van der Waals surface area contributed by atoms with E-state index in [1.54, 1.807) is 6.07 Å². The van der Waals surface area contributed by atoms with Crippen LogP contribution in [0.5, 0.6) is 0 Å². The minimum Gasteiger partial charge on any atom is -0.216 e. The molecule has 0 amide bonds. The fraction of sp³-hybridized carbons (Fsp3) is 0.464. The molecule has 0 fully saturated rings. The first-order valence-corrected chi connectivity index (χ1v) is 11.8. The molecule has 1 atom stereocenters. The van der Waals surface area contributed by atoms with Gasteiger partial charge in [0.1, 0.15) is 17.1 Å². The summed E-state index contributed by atoms with van der Waals surface area (Å²) in [6, 6.07) is 14.6. The molecule has 0 aliphatic carbocycles. The maximum atomic E-state index is 15.1. The fourth-order valence-electron chi connectivity index (χ4n) is 6.66. The zero-order valence-electron chi connectivity index (χ0n) is 19.9. The van der Waals surface area contributed by atoms with E-state index in [1.165, 1.54) is 33.3 Å². The van der Waals surface area contributed by atoms with E-state index in [0.29, 0.717) is 0 Å². The highest BCUT2D eigenvalue weighted by Crippen LogP contribution is 2.52. The lowest BCUT2D eigenvalue weighted by Gasteiger charge is -2.48. The molecule has 1 aliphatic rings. The molecule has 5 rings (SSSR count). The highest BCUT2D eigenvalue weighted by Gasteiger charge is 2.56. The Labute approximate surface area is 184 Å². The van der Waals surface area contributed by atoms with E-state index < -0.39 is 0 Å². The van der Waals surface area contributed by atoms with Crippen molar-refractivity contribution in [1.29, 1.82) is 0 Å². The molecule has 1 aliphatic heterocycles. The number of pyridine rings is 1. The van der Waals surface area contributed by atoms with Gasteiger partial charge in [-0.25, -0.2) is 8.96 Å². The standard InChI is InChI=1S/C28H34FN2/c1-8-27(7)28(9-2,10-3)20-17-19(29)15-18-16-23(26(4,5)6)30-21-13-11-12-14-22(21)31(27)25(30)24(18)20/h11-17H,8-10H2,1-7H3/q+1. The third kappa shape index (κ3) is 2.30. The number of benzene rings is 2. The van der Waals surface area contributed by atoms with Gasteiger partial charge in [0, 0.05) is 10.8 Å². The average Bonchev–Trinajstić information content (AvgIpc) is 3.08. The molecule has 0 saturated heterocycles. The number of nitrogens with zero attached hydrogens (tertiary/aromatic N) is 2. The number of hydrogen-bond acceptors (Lipinski definition) is 0. The van der Waals surface area contributed by atoms with Gasteiger partial charge in [-0.1, -0.05) is 53.7 Å². The van der Waals surface area contributed by atoms with Crippen molar-refractivity contribution in [2.45, 2.75) is 84.1 Å². The average molecular weight is 418 g/mol. The van der Waals surface area contributed by atoms with Gasteiger partial charge in [0.05, 0.1) is 5.39 Å². The minimum absolute atomic E-state index is 0.0764. The second kappa shape index (κ2) is 6.31. The van der Waals surface area contributed by atoms with Crippen molar-refractivity contribution in [3.8, 4) is 0 Å². The Bertz CT molecular complexity index is 1350. The second-order valence-electron chi connectivity index (χ2n) is 10.6. The Balaban J connectivity index is 2.21. The van der Waals surface area contributed by atoms with Crippen LogP contribution in [0.25, 0.3) is 27.5 Å². The molecule has 3 heteroatoms. The number of aromatic nitrogens is 2. The van der Waals surface area contributed by atoms with Gasteiger partial charge in [-0.05, 0) is 67.5 Å². The summed E-state index contributed by atoms with van der Waals surface area (Å²) in [6.07, 6.45) is 2.94. The predicted octanol–water partition coefficient (Wildman–Crippen LogP) is 7.17. The fourth-order valence-corrected chi connectivity index (χ4v) is 6.66. The number of hydrogen-bond donors (Lipinski definition) is 0. The van der Waals surface area contributed by atoms with Crippen molar-refractivity contribution in [2.24, 2.45) is 0 Å². The number of fused-ring (bicyclic) bond motifs is 3. The molecule has 2 aromatic carbocycles. The van der Waals surface area contributed by atoms with E-state index in [-0.39, 0.29) is 22.2 Å². The van der Waals surface area contributed by atoms with Crippen molar-refractivity contribution < 1.29 is 8.96 Å². The van der Waals surface area contributed by atoms with E-state index in [4.69, 9.17) is 0 Å². The van der Waals surface area contributed by atoms with E-state index in [9.17, 15) is 0 Å². The van der Waals surface area contributed by atoms with Gasteiger partial charge in [-0.2, -0.15) is 4.40 Å². The summed E-state index contributed by atoms with van der Waals surface area (Å²) in [5.74, 6) is -0.124. The van der Waals surface area contributed by atoms with Crippen LogP contribution in [0, 0.1) is 5.82 Å². The maximum Gasteiger partial charge on any atom is 0.296 e. The molecule has 0 N–H and O–H groups in total. The lowest BCUT2D eigenvalue weighted by Crippen LogP contribution is -2.67. The summed E-state index contributed by atoms with van der Waals surface area (Å²) in [5.41, 5.74) is 5.77. The minimum atomic E-state index is -0.158. The highest BCUT2D eigenvalue weighted by molar-refractivity contribution is 6.00. The largest absolute Gasteiger partial charge is 0.296 e. The zero-order chi connectivity index (χ0) is 22.3. The lowest BCUT2D eigenvalue weighted by molar-refractivity contribution is -0.729. The van der Waals surface area contributed by atoms with E-state index >= 15 is 4.39 Å². The molecule has 1 unspecified atom stereocenters. The van der Waals surface area contributed by atoms with Crippen LogP contribution >= 0.6 is 0 Å². The summed E-state index contributed by atoms with van der Waals surface area (Å²) in [5, 5.41) is 2.24. The lowest BCUT2D eigenvalue weighted by atomic mass is 9.59.